The van der Waals surface area contributed by atoms with Gasteiger partial charge in [-0.3, -0.25) is 5.10 Å². The fourth-order valence-corrected chi connectivity index (χ4v) is 3.04. The van der Waals surface area contributed by atoms with E-state index in [9.17, 15) is 0 Å². The van der Waals surface area contributed by atoms with Gasteiger partial charge in [-0.2, -0.15) is 15.1 Å². The van der Waals surface area contributed by atoms with Crippen LogP contribution in [-0.4, -0.2) is 33.3 Å². The molecule has 3 rings (SSSR count). The molecule has 1 fully saturated rings. The lowest BCUT2D eigenvalue weighted by molar-refractivity contribution is 0.377. The number of aromatic nitrogens is 4. The summed E-state index contributed by atoms with van der Waals surface area (Å²) >= 11 is 5.98. The Morgan fingerprint density at radius 2 is 2.16 bits per heavy atom. The molecule has 2 aromatic rings. The summed E-state index contributed by atoms with van der Waals surface area (Å²) in [7, 11) is 0. The standard InChI is InChI=1S/C13H18ClN5/c1-2-3-9-4-6-19(7-5-9)12-10-8-15-18-11(10)16-13(14)17-12/h8-9H,2-7H2,1H3,(H,15,16,17,18). The summed E-state index contributed by atoms with van der Waals surface area (Å²) in [6.45, 7) is 4.34. The molecule has 3 heterocycles. The third-order valence-corrected chi connectivity index (χ3v) is 4.04. The molecular formula is C13H18ClN5. The summed E-state index contributed by atoms with van der Waals surface area (Å²) in [4.78, 5) is 10.8. The quantitative estimate of drug-likeness (QED) is 0.878. The molecule has 0 amide bonds. The minimum atomic E-state index is 0.280. The fraction of sp³-hybridized carbons (Fsp3) is 0.615. The molecular weight excluding hydrogens is 262 g/mol. The van der Waals surface area contributed by atoms with E-state index in [0.717, 1.165) is 30.2 Å². The van der Waals surface area contributed by atoms with Crippen molar-refractivity contribution in [2.75, 3.05) is 18.0 Å². The van der Waals surface area contributed by atoms with E-state index < -0.39 is 0 Å². The van der Waals surface area contributed by atoms with Gasteiger partial charge in [0.1, 0.15) is 5.82 Å². The van der Waals surface area contributed by atoms with E-state index in [1.807, 2.05) is 0 Å². The SMILES string of the molecule is CCCC1CCN(c2nc(Cl)nc3[nH]ncc23)CC1. The Hall–Kier alpha value is -1.36. The summed E-state index contributed by atoms with van der Waals surface area (Å²) in [5.74, 6) is 1.78. The molecule has 5 nitrogen and oxygen atoms in total. The number of hydrogen-bond acceptors (Lipinski definition) is 4. The number of nitrogens with zero attached hydrogens (tertiary/aromatic N) is 4. The highest BCUT2D eigenvalue weighted by molar-refractivity contribution is 6.28. The van der Waals surface area contributed by atoms with Crippen LogP contribution < -0.4 is 4.90 Å². The largest absolute Gasteiger partial charge is 0.356 e. The highest BCUT2D eigenvalue weighted by Crippen LogP contribution is 2.29. The second kappa shape index (κ2) is 5.33. The smallest absolute Gasteiger partial charge is 0.226 e. The summed E-state index contributed by atoms with van der Waals surface area (Å²) < 4.78 is 0. The highest BCUT2D eigenvalue weighted by atomic mass is 35.5. The topological polar surface area (TPSA) is 57.7 Å². The monoisotopic (exact) mass is 279 g/mol. The number of H-pyrrole nitrogens is 1. The van der Waals surface area contributed by atoms with Crippen molar-refractivity contribution >= 4 is 28.5 Å². The lowest BCUT2D eigenvalue weighted by atomic mass is 9.92. The number of hydrogen-bond donors (Lipinski definition) is 1. The van der Waals surface area contributed by atoms with E-state index in [4.69, 9.17) is 11.6 Å². The van der Waals surface area contributed by atoms with Crippen LogP contribution in [0.2, 0.25) is 5.28 Å². The normalized spacial score (nSPS) is 17.3. The van der Waals surface area contributed by atoms with E-state index in [0.29, 0.717) is 5.65 Å². The minimum absolute atomic E-state index is 0.280. The number of piperidine rings is 1. The van der Waals surface area contributed by atoms with Gasteiger partial charge in [0.2, 0.25) is 5.28 Å². The molecule has 0 radical (unpaired) electrons. The third kappa shape index (κ3) is 2.52. The summed E-state index contributed by atoms with van der Waals surface area (Å²) in [5, 5.41) is 8.12. The van der Waals surface area contributed by atoms with Crippen molar-refractivity contribution in [3.8, 4) is 0 Å². The molecule has 102 valence electrons. The van der Waals surface area contributed by atoms with Gasteiger partial charge in [-0.05, 0) is 30.4 Å². The molecule has 1 saturated heterocycles. The zero-order chi connectivity index (χ0) is 13.2. The number of aromatic amines is 1. The zero-order valence-corrected chi connectivity index (χ0v) is 11.8. The molecule has 0 spiro atoms. The van der Waals surface area contributed by atoms with Gasteiger partial charge in [-0.25, -0.2) is 0 Å². The Labute approximate surface area is 117 Å². The van der Waals surface area contributed by atoms with Crippen molar-refractivity contribution in [2.45, 2.75) is 32.6 Å². The van der Waals surface area contributed by atoms with Crippen LogP contribution in [0.4, 0.5) is 5.82 Å². The Morgan fingerprint density at radius 1 is 1.37 bits per heavy atom. The Balaban J connectivity index is 1.83. The van der Waals surface area contributed by atoms with Gasteiger partial charge in [-0.1, -0.05) is 19.8 Å². The second-order valence-electron chi connectivity index (χ2n) is 5.17. The van der Waals surface area contributed by atoms with Crippen LogP contribution in [0.5, 0.6) is 0 Å². The lowest BCUT2D eigenvalue weighted by Gasteiger charge is -2.32. The van der Waals surface area contributed by atoms with E-state index in [1.165, 1.54) is 25.7 Å². The van der Waals surface area contributed by atoms with Crippen molar-refractivity contribution in [3.63, 3.8) is 0 Å². The van der Waals surface area contributed by atoms with Crippen LogP contribution in [-0.2, 0) is 0 Å². The fourth-order valence-electron chi connectivity index (χ4n) is 2.88. The van der Waals surface area contributed by atoms with Crippen molar-refractivity contribution < 1.29 is 0 Å². The average molecular weight is 280 g/mol. The molecule has 1 N–H and O–H groups in total. The van der Waals surface area contributed by atoms with Crippen molar-refractivity contribution in [2.24, 2.45) is 5.92 Å². The first-order chi connectivity index (χ1) is 9.28. The summed E-state index contributed by atoms with van der Waals surface area (Å²) in [6.07, 6.45) is 6.85. The first kappa shape index (κ1) is 12.7. The zero-order valence-electron chi connectivity index (χ0n) is 11.1. The molecule has 0 bridgehead atoms. The molecule has 1 aliphatic rings. The number of nitrogens with one attached hydrogen (secondary N) is 1. The lowest BCUT2D eigenvalue weighted by Crippen LogP contribution is -2.34. The van der Waals surface area contributed by atoms with Crippen molar-refractivity contribution in [3.05, 3.63) is 11.5 Å². The van der Waals surface area contributed by atoms with E-state index >= 15 is 0 Å². The highest BCUT2D eigenvalue weighted by Gasteiger charge is 2.22. The van der Waals surface area contributed by atoms with Gasteiger partial charge < -0.3 is 4.90 Å². The van der Waals surface area contributed by atoms with E-state index in [1.54, 1.807) is 6.20 Å². The van der Waals surface area contributed by atoms with Crippen molar-refractivity contribution in [1.29, 1.82) is 0 Å². The molecule has 2 aromatic heterocycles. The Bertz CT molecular complexity index is 559. The van der Waals surface area contributed by atoms with Gasteiger partial charge >= 0.3 is 0 Å². The Morgan fingerprint density at radius 3 is 2.89 bits per heavy atom. The molecule has 0 aliphatic carbocycles. The van der Waals surface area contributed by atoms with Gasteiger partial charge in [0.15, 0.2) is 5.65 Å². The second-order valence-corrected chi connectivity index (χ2v) is 5.51. The maximum absolute atomic E-state index is 5.98. The predicted molar refractivity (Wildman–Crippen MR) is 76.5 cm³/mol. The third-order valence-electron chi connectivity index (χ3n) is 3.87. The molecule has 0 atom stereocenters. The Kier molecular flexibility index (Phi) is 3.55. The van der Waals surface area contributed by atoms with E-state index in [-0.39, 0.29) is 5.28 Å². The van der Waals surface area contributed by atoms with Crippen LogP contribution in [0, 0.1) is 5.92 Å². The number of rotatable bonds is 3. The molecule has 0 unspecified atom stereocenters. The van der Waals surface area contributed by atoms with Crippen LogP contribution >= 0.6 is 11.6 Å². The maximum atomic E-state index is 5.98. The molecule has 19 heavy (non-hydrogen) atoms. The molecule has 0 aromatic carbocycles. The first-order valence-corrected chi connectivity index (χ1v) is 7.27. The van der Waals surface area contributed by atoms with Gasteiger partial charge in [0, 0.05) is 13.1 Å². The average Bonchev–Trinajstić information content (AvgIpc) is 2.87. The summed E-state index contributed by atoms with van der Waals surface area (Å²) in [5.41, 5.74) is 0.714. The molecule has 0 saturated carbocycles. The number of halogens is 1. The van der Waals surface area contributed by atoms with Crippen LogP contribution in [0.25, 0.3) is 11.0 Å². The predicted octanol–water partition coefficient (Wildman–Crippen LogP) is 3.02. The minimum Gasteiger partial charge on any atom is -0.356 e. The van der Waals surface area contributed by atoms with Gasteiger partial charge in [0.05, 0.1) is 11.6 Å². The van der Waals surface area contributed by atoms with Gasteiger partial charge in [-0.15, -0.1) is 0 Å². The summed E-state index contributed by atoms with van der Waals surface area (Å²) in [6, 6.07) is 0. The van der Waals surface area contributed by atoms with Crippen LogP contribution in [0.3, 0.4) is 0 Å². The van der Waals surface area contributed by atoms with E-state index in [2.05, 4.69) is 32.0 Å². The first-order valence-electron chi connectivity index (χ1n) is 6.89. The molecule has 1 aliphatic heterocycles. The van der Waals surface area contributed by atoms with Crippen LogP contribution in [0.1, 0.15) is 32.6 Å². The maximum Gasteiger partial charge on any atom is 0.226 e. The van der Waals surface area contributed by atoms with Crippen molar-refractivity contribution in [1.82, 2.24) is 20.2 Å². The molecule has 6 heteroatoms. The number of fused-ring (bicyclic) bond motifs is 1. The van der Waals surface area contributed by atoms with Gasteiger partial charge in [0.25, 0.3) is 0 Å². The van der Waals surface area contributed by atoms with Crippen LogP contribution in [0.15, 0.2) is 6.20 Å². The number of anilines is 1.